The molecule has 0 bridgehead atoms. The SMILES string of the molecule is CCC(Cl)c1cccc2cc3c(nc12)-c1cc2c(c(=O)n1C3)COC(=O)[C@]2(O)CC. The van der Waals surface area contributed by atoms with E-state index < -0.39 is 11.6 Å². The van der Waals surface area contributed by atoms with Crippen LogP contribution in [0.5, 0.6) is 0 Å². The number of alkyl halides is 1. The van der Waals surface area contributed by atoms with Gasteiger partial charge in [-0.05, 0) is 30.5 Å². The Morgan fingerprint density at radius 1 is 1.30 bits per heavy atom. The number of halogens is 1. The zero-order valence-electron chi connectivity index (χ0n) is 16.7. The van der Waals surface area contributed by atoms with E-state index in [1.807, 2.05) is 31.2 Å². The Morgan fingerprint density at radius 3 is 2.83 bits per heavy atom. The summed E-state index contributed by atoms with van der Waals surface area (Å²) in [5.74, 6) is -0.721. The molecule has 0 spiro atoms. The molecular formula is C23H21ClN2O4. The van der Waals surface area contributed by atoms with Gasteiger partial charge in [0.05, 0.1) is 34.4 Å². The molecule has 0 saturated carbocycles. The number of para-hydroxylation sites is 1. The van der Waals surface area contributed by atoms with Crippen molar-refractivity contribution in [2.24, 2.45) is 0 Å². The monoisotopic (exact) mass is 424 g/mol. The van der Waals surface area contributed by atoms with Crippen molar-refractivity contribution in [1.82, 2.24) is 9.55 Å². The molecule has 0 aliphatic carbocycles. The van der Waals surface area contributed by atoms with E-state index in [2.05, 4.69) is 0 Å². The first-order valence-corrected chi connectivity index (χ1v) is 10.6. The van der Waals surface area contributed by atoms with Crippen molar-refractivity contribution < 1.29 is 14.6 Å². The van der Waals surface area contributed by atoms with E-state index in [4.69, 9.17) is 21.3 Å². The molecule has 2 aromatic heterocycles. The van der Waals surface area contributed by atoms with Crippen LogP contribution in [0.15, 0.2) is 35.1 Å². The minimum absolute atomic E-state index is 0.119. The summed E-state index contributed by atoms with van der Waals surface area (Å²) in [4.78, 5) is 30.4. The summed E-state index contributed by atoms with van der Waals surface area (Å²) in [6.07, 6.45) is 0.892. The first kappa shape index (κ1) is 19.3. The predicted octanol–water partition coefficient (Wildman–Crippen LogP) is 3.77. The number of aromatic nitrogens is 2. The molecule has 154 valence electrons. The molecule has 2 aliphatic rings. The number of cyclic esters (lactones) is 1. The summed E-state index contributed by atoms with van der Waals surface area (Å²) in [7, 11) is 0. The maximum atomic E-state index is 13.2. The molecule has 3 aromatic rings. The van der Waals surface area contributed by atoms with Crippen LogP contribution in [0.4, 0.5) is 0 Å². The fraction of sp³-hybridized carbons (Fsp3) is 0.348. The van der Waals surface area contributed by atoms with Gasteiger partial charge in [0.15, 0.2) is 5.60 Å². The Hall–Kier alpha value is -2.70. The second-order valence-corrected chi connectivity index (χ2v) is 8.42. The van der Waals surface area contributed by atoms with E-state index in [1.54, 1.807) is 17.6 Å². The summed E-state index contributed by atoms with van der Waals surface area (Å²) in [6.45, 7) is 3.98. The van der Waals surface area contributed by atoms with E-state index in [-0.39, 0.29) is 24.0 Å². The van der Waals surface area contributed by atoms with Gasteiger partial charge in [-0.25, -0.2) is 9.78 Å². The molecule has 0 radical (unpaired) electrons. The number of carbonyl (C=O) groups is 1. The quantitative estimate of drug-likeness (QED) is 0.400. The molecule has 4 heterocycles. The van der Waals surface area contributed by atoms with Gasteiger partial charge in [-0.1, -0.05) is 32.0 Å². The number of fused-ring (bicyclic) bond motifs is 5. The molecule has 6 nitrogen and oxygen atoms in total. The van der Waals surface area contributed by atoms with Crippen LogP contribution in [0, 0.1) is 0 Å². The highest BCUT2D eigenvalue weighted by atomic mass is 35.5. The van der Waals surface area contributed by atoms with Gasteiger partial charge in [0.2, 0.25) is 0 Å². The lowest BCUT2D eigenvalue weighted by Crippen LogP contribution is -2.44. The Labute approximate surface area is 178 Å². The summed E-state index contributed by atoms with van der Waals surface area (Å²) < 4.78 is 6.75. The van der Waals surface area contributed by atoms with Crippen LogP contribution in [0.25, 0.3) is 22.3 Å². The van der Waals surface area contributed by atoms with Crippen LogP contribution >= 0.6 is 11.6 Å². The van der Waals surface area contributed by atoms with E-state index in [1.165, 1.54) is 0 Å². The third-order valence-electron chi connectivity index (χ3n) is 6.27. The molecule has 0 saturated heterocycles. The average molecular weight is 425 g/mol. The van der Waals surface area contributed by atoms with Crippen LogP contribution in [0.2, 0.25) is 0 Å². The standard InChI is InChI=1S/C23H21ClN2O4/c1-3-17(24)14-7-5-6-12-8-13-10-26-18(20(13)25-19(12)14)9-16-15(21(26)27)11-30-22(28)23(16,29)4-2/h5-9,17,29H,3-4,10-11H2,1-2H3/t17?,23-/m0/s1. The number of ether oxygens (including phenoxy) is 1. The van der Waals surface area contributed by atoms with E-state index in [0.717, 1.165) is 28.5 Å². The predicted molar refractivity (Wildman–Crippen MR) is 113 cm³/mol. The number of esters is 1. The third kappa shape index (κ3) is 2.50. The highest BCUT2D eigenvalue weighted by Crippen LogP contribution is 2.39. The van der Waals surface area contributed by atoms with Crippen molar-refractivity contribution in [2.75, 3.05) is 0 Å². The van der Waals surface area contributed by atoms with Crippen LogP contribution in [0.1, 0.15) is 54.3 Å². The van der Waals surface area contributed by atoms with Gasteiger partial charge in [-0.15, -0.1) is 11.6 Å². The Bertz CT molecular complexity index is 1280. The van der Waals surface area contributed by atoms with Gasteiger partial charge in [-0.3, -0.25) is 4.79 Å². The Balaban J connectivity index is 1.78. The van der Waals surface area contributed by atoms with Gasteiger partial charge in [0.1, 0.15) is 6.61 Å². The molecule has 1 aromatic carbocycles. The fourth-order valence-electron chi connectivity index (χ4n) is 4.50. The first-order valence-electron chi connectivity index (χ1n) is 10.1. The maximum Gasteiger partial charge on any atom is 0.343 e. The number of nitrogens with zero attached hydrogens (tertiary/aromatic N) is 2. The minimum atomic E-state index is -1.82. The van der Waals surface area contributed by atoms with Gasteiger partial charge in [0.25, 0.3) is 5.56 Å². The minimum Gasteiger partial charge on any atom is -0.458 e. The molecule has 5 rings (SSSR count). The molecular weight excluding hydrogens is 404 g/mol. The molecule has 30 heavy (non-hydrogen) atoms. The summed E-state index contributed by atoms with van der Waals surface area (Å²) in [6, 6.07) is 9.70. The average Bonchev–Trinajstić information content (AvgIpc) is 3.12. The van der Waals surface area contributed by atoms with Crippen LogP contribution in [-0.4, -0.2) is 20.6 Å². The largest absolute Gasteiger partial charge is 0.458 e. The smallest absolute Gasteiger partial charge is 0.343 e. The molecule has 2 atom stereocenters. The molecule has 7 heteroatoms. The normalized spacial score (nSPS) is 20.5. The summed E-state index contributed by atoms with van der Waals surface area (Å²) >= 11 is 6.53. The third-order valence-corrected chi connectivity index (χ3v) is 6.81. The second-order valence-electron chi connectivity index (χ2n) is 7.89. The van der Waals surface area contributed by atoms with Crippen molar-refractivity contribution in [3.63, 3.8) is 0 Å². The maximum absolute atomic E-state index is 13.2. The molecule has 0 fully saturated rings. The number of carbonyl (C=O) groups excluding carboxylic acids is 1. The van der Waals surface area contributed by atoms with Crippen molar-refractivity contribution in [1.29, 1.82) is 0 Å². The zero-order valence-corrected chi connectivity index (χ0v) is 17.5. The highest BCUT2D eigenvalue weighted by molar-refractivity contribution is 6.21. The van der Waals surface area contributed by atoms with Crippen LogP contribution in [-0.2, 0) is 28.3 Å². The first-order chi connectivity index (χ1) is 14.4. The fourth-order valence-corrected chi connectivity index (χ4v) is 4.68. The zero-order chi connectivity index (χ0) is 21.2. The lowest BCUT2D eigenvalue weighted by molar-refractivity contribution is -0.172. The number of aliphatic hydroxyl groups is 1. The van der Waals surface area contributed by atoms with E-state index >= 15 is 0 Å². The van der Waals surface area contributed by atoms with Crippen LogP contribution < -0.4 is 5.56 Å². The molecule has 0 amide bonds. The van der Waals surface area contributed by atoms with E-state index in [0.29, 0.717) is 29.1 Å². The molecule has 2 aliphatic heterocycles. The number of hydrogen-bond donors (Lipinski definition) is 1. The highest BCUT2D eigenvalue weighted by Gasteiger charge is 2.45. The van der Waals surface area contributed by atoms with Crippen molar-refractivity contribution >= 4 is 28.5 Å². The number of hydrogen-bond acceptors (Lipinski definition) is 5. The topological polar surface area (TPSA) is 81.4 Å². The van der Waals surface area contributed by atoms with Gasteiger partial charge in [-0.2, -0.15) is 0 Å². The summed E-state index contributed by atoms with van der Waals surface area (Å²) in [5.41, 5.74) is 2.55. The van der Waals surface area contributed by atoms with E-state index in [9.17, 15) is 14.7 Å². The lowest BCUT2D eigenvalue weighted by Gasteiger charge is -2.31. The van der Waals surface area contributed by atoms with Crippen molar-refractivity contribution in [3.8, 4) is 11.4 Å². The van der Waals surface area contributed by atoms with Crippen molar-refractivity contribution in [2.45, 2.75) is 50.8 Å². The van der Waals surface area contributed by atoms with Gasteiger partial charge >= 0.3 is 5.97 Å². The van der Waals surface area contributed by atoms with Crippen molar-refractivity contribution in [3.05, 3.63) is 62.9 Å². The summed E-state index contributed by atoms with van der Waals surface area (Å²) in [5, 5.41) is 11.8. The number of benzene rings is 1. The Morgan fingerprint density at radius 2 is 2.10 bits per heavy atom. The molecule has 1 unspecified atom stereocenters. The lowest BCUT2D eigenvalue weighted by atomic mass is 9.86. The Kier molecular flexibility index (Phi) is 4.27. The molecule has 1 N–H and O–H groups in total. The number of rotatable bonds is 3. The van der Waals surface area contributed by atoms with Gasteiger partial charge < -0.3 is 14.4 Å². The van der Waals surface area contributed by atoms with Crippen LogP contribution in [0.3, 0.4) is 0 Å². The second kappa shape index (κ2) is 6.65. The number of pyridine rings is 2. The van der Waals surface area contributed by atoms with Gasteiger partial charge in [0, 0.05) is 16.5 Å².